The van der Waals surface area contributed by atoms with Crippen LogP contribution in [0.2, 0.25) is 0 Å². The van der Waals surface area contributed by atoms with Crippen molar-refractivity contribution >= 4 is 5.97 Å². The Morgan fingerprint density at radius 1 is 1.47 bits per heavy atom. The maximum atomic E-state index is 10.5. The summed E-state index contributed by atoms with van der Waals surface area (Å²) < 4.78 is 5.68. The van der Waals surface area contributed by atoms with Gasteiger partial charge in [0.05, 0.1) is 12.5 Å². The summed E-state index contributed by atoms with van der Waals surface area (Å²) in [6.07, 6.45) is 1.99. The van der Waals surface area contributed by atoms with E-state index in [4.69, 9.17) is 9.84 Å². The number of piperidine rings is 2. The van der Waals surface area contributed by atoms with Gasteiger partial charge in [0.25, 0.3) is 0 Å². The highest BCUT2D eigenvalue weighted by Gasteiger charge is 2.46. The fourth-order valence-corrected chi connectivity index (χ4v) is 2.84. The second kappa shape index (κ2) is 4.49. The van der Waals surface area contributed by atoms with Gasteiger partial charge in [-0.2, -0.15) is 0 Å². The number of aliphatic carboxylic acids is 1. The first kappa shape index (κ1) is 10.9. The summed E-state index contributed by atoms with van der Waals surface area (Å²) in [5, 5.41) is 8.61. The largest absolute Gasteiger partial charge is 0.481 e. The van der Waals surface area contributed by atoms with Gasteiger partial charge in [-0.25, -0.2) is 0 Å². The maximum Gasteiger partial charge on any atom is 0.304 e. The van der Waals surface area contributed by atoms with Gasteiger partial charge in [-0.05, 0) is 25.2 Å². The first-order valence-electron chi connectivity index (χ1n) is 5.76. The Balaban J connectivity index is 1.74. The van der Waals surface area contributed by atoms with Gasteiger partial charge < -0.3 is 14.7 Å². The summed E-state index contributed by atoms with van der Waals surface area (Å²) in [6.45, 7) is 5.58. The quantitative estimate of drug-likeness (QED) is 0.734. The third-order valence-electron chi connectivity index (χ3n) is 3.52. The SMILES string of the molecule is CCOC1C2CC1CN(CCC(=O)O)C2. The van der Waals surface area contributed by atoms with Crippen molar-refractivity contribution in [2.45, 2.75) is 25.9 Å². The Morgan fingerprint density at radius 3 is 2.67 bits per heavy atom. The highest BCUT2D eigenvalue weighted by Crippen LogP contribution is 2.41. The van der Waals surface area contributed by atoms with E-state index in [1.807, 2.05) is 6.92 Å². The lowest BCUT2D eigenvalue weighted by molar-refractivity contribution is -0.146. The summed E-state index contributed by atoms with van der Waals surface area (Å²) in [5.74, 6) is 0.602. The van der Waals surface area contributed by atoms with E-state index < -0.39 is 5.97 Å². The number of nitrogens with zero attached hydrogens (tertiary/aromatic N) is 1. The van der Waals surface area contributed by atoms with Crippen LogP contribution in [-0.4, -0.2) is 48.3 Å². The van der Waals surface area contributed by atoms with Gasteiger partial charge in [-0.1, -0.05) is 0 Å². The summed E-state index contributed by atoms with van der Waals surface area (Å²) in [5.41, 5.74) is 0. The van der Waals surface area contributed by atoms with Crippen LogP contribution in [0, 0.1) is 11.8 Å². The monoisotopic (exact) mass is 213 g/mol. The van der Waals surface area contributed by atoms with Crippen molar-refractivity contribution in [3.8, 4) is 0 Å². The number of hydrogen-bond donors (Lipinski definition) is 1. The zero-order valence-corrected chi connectivity index (χ0v) is 9.19. The Labute approximate surface area is 90.2 Å². The molecule has 2 bridgehead atoms. The van der Waals surface area contributed by atoms with Gasteiger partial charge in [-0.3, -0.25) is 4.79 Å². The number of fused-ring (bicyclic) bond motifs is 2. The molecular weight excluding hydrogens is 194 g/mol. The molecule has 0 amide bonds. The van der Waals surface area contributed by atoms with Gasteiger partial charge >= 0.3 is 5.97 Å². The topological polar surface area (TPSA) is 49.8 Å². The van der Waals surface area contributed by atoms with Crippen molar-refractivity contribution in [3.63, 3.8) is 0 Å². The van der Waals surface area contributed by atoms with Gasteiger partial charge in [0.1, 0.15) is 0 Å². The van der Waals surface area contributed by atoms with Crippen molar-refractivity contribution in [1.29, 1.82) is 0 Å². The normalized spacial score (nSPS) is 34.9. The van der Waals surface area contributed by atoms with E-state index in [-0.39, 0.29) is 6.42 Å². The second-order valence-corrected chi connectivity index (χ2v) is 4.58. The summed E-state index contributed by atoms with van der Waals surface area (Å²) >= 11 is 0. The van der Waals surface area contributed by atoms with Crippen LogP contribution in [0.25, 0.3) is 0 Å². The third kappa shape index (κ3) is 2.32. The summed E-state index contributed by atoms with van der Waals surface area (Å²) in [4.78, 5) is 12.7. The molecule has 2 heterocycles. The van der Waals surface area contributed by atoms with Crippen LogP contribution in [0.4, 0.5) is 0 Å². The van der Waals surface area contributed by atoms with Gasteiger partial charge in [-0.15, -0.1) is 0 Å². The van der Waals surface area contributed by atoms with Crippen LogP contribution in [-0.2, 0) is 9.53 Å². The van der Waals surface area contributed by atoms with Crippen LogP contribution >= 0.6 is 0 Å². The first-order chi connectivity index (χ1) is 7.20. The molecule has 3 rings (SSSR count). The molecule has 3 aliphatic rings. The second-order valence-electron chi connectivity index (χ2n) is 4.58. The van der Waals surface area contributed by atoms with Gasteiger partial charge in [0.15, 0.2) is 0 Å². The fourth-order valence-electron chi connectivity index (χ4n) is 2.84. The van der Waals surface area contributed by atoms with Crippen molar-refractivity contribution in [2.24, 2.45) is 11.8 Å². The fraction of sp³-hybridized carbons (Fsp3) is 0.909. The minimum atomic E-state index is -0.699. The highest BCUT2D eigenvalue weighted by molar-refractivity contribution is 5.66. The van der Waals surface area contributed by atoms with E-state index in [0.29, 0.717) is 24.5 Å². The molecule has 2 aliphatic heterocycles. The average Bonchev–Trinajstić information content (AvgIpc) is 2.23. The first-order valence-corrected chi connectivity index (χ1v) is 5.76. The average molecular weight is 213 g/mol. The summed E-state index contributed by atoms with van der Waals surface area (Å²) in [6, 6.07) is 0. The Morgan fingerprint density at radius 2 is 2.13 bits per heavy atom. The zero-order chi connectivity index (χ0) is 10.8. The minimum Gasteiger partial charge on any atom is -0.481 e. The van der Waals surface area contributed by atoms with Crippen molar-refractivity contribution < 1.29 is 14.6 Å². The molecule has 0 spiro atoms. The molecule has 2 atom stereocenters. The minimum absolute atomic E-state index is 0.263. The number of ether oxygens (including phenoxy) is 1. The number of hydrogen-bond acceptors (Lipinski definition) is 3. The van der Waals surface area contributed by atoms with E-state index in [0.717, 1.165) is 19.7 Å². The number of carboxylic acid groups (broad SMARTS) is 1. The standard InChI is InChI=1S/C11H19NO3/c1-2-15-11-8-5-9(11)7-12(6-8)4-3-10(13)14/h8-9,11H,2-7H2,1H3,(H,13,14). The molecule has 0 aromatic carbocycles. The molecule has 1 N–H and O–H groups in total. The molecular formula is C11H19NO3. The predicted octanol–water partition coefficient (Wildman–Crippen LogP) is 0.818. The molecule has 2 unspecified atom stereocenters. The summed E-state index contributed by atoms with van der Waals surface area (Å²) in [7, 11) is 0. The Kier molecular flexibility index (Phi) is 3.26. The molecule has 0 aromatic heterocycles. The number of carboxylic acids is 1. The molecule has 15 heavy (non-hydrogen) atoms. The lowest BCUT2D eigenvalue weighted by Crippen LogP contribution is -2.59. The molecule has 4 heteroatoms. The third-order valence-corrected chi connectivity index (χ3v) is 3.52. The van der Waals surface area contributed by atoms with E-state index >= 15 is 0 Å². The molecule has 86 valence electrons. The smallest absolute Gasteiger partial charge is 0.304 e. The number of rotatable bonds is 5. The van der Waals surface area contributed by atoms with Crippen LogP contribution in [0.3, 0.4) is 0 Å². The lowest BCUT2D eigenvalue weighted by atomic mass is 9.68. The molecule has 0 aromatic rings. The predicted molar refractivity (Wildman–Crippen MR) is 55.7 cm³/mol. The van der Waals surface area contributed by atoms with Gasteiger partial charge in [0, 0.05) is 26.2 Å². The van der Waals surface area contributed by atoms with Crippen LogP contribution < -0.4 is 0 Å². The zero-order valence-electron chi connectivity index (χ0n) is 9.19. The lowest BCUT2D eigenvalue weighted by Gasteiger charge is -2.53. The van der Waals surface area contributed by atoms with Crippen molar-refractivity contribution in [2.75, 3.05) is 26.2 Å². The van der Waals surface area contributed by atoms with E-state index in [2.05, 4.69) is 4.90 Å². The number of carbonyl (C=O) groups is 1. The Hall–Kier alpha value is -0.610. The molecule has 1 aliphatic carbocycles. The van der Waals surface area contributed by atoms with E-state index in [1.165, 1.54) is 6.42 Å². The Bertz CT molecular complexity index is 232. The van der Waals surface area contributed by atoms with Crippen molar-refractivity contribution in [3.05, 3.63) is 0 Å². The van der Waals surface area contributed by atoms with Crippen LogP contribution in [0.1, 0.15) is 19.8 Å². The molecule has 0 radical (unpaired) electrons. The molecule has 1 saturated carbocycles. The highest BCUT2D eigenvalue weighted by atomic mass is 16.5. The maximum absolute atomic E-state index is 10.5. The van der Waals surface area contributed by atoms with Crippen molar-refractivity contribution in [1.82, 2.24) is 4.90 Å². The van der Waals surface area contributed by atoms with Crippen LogP contribution in [0.5, 0.6) is 0 Å². The molecule has 2 saturated heterocycles. The van der Waals surface area contributed by atoms with Crippen LogP contribution in [0.15, 0.2) is 0 Å². The molecule has 4 nitrogen and oxygen atoms in total. The van der Waals surface area contributed by atoms with E-state index in [9.17, 15) is 4.79 Å². The molecule has 3 fully saturated rings. The van der Waals surface area contributed by atoms with E-state index in [1.54, 1.807) is 0 Å². The van der Waals surface area contributed by atoms with Gasteiger partial charge in [0.2, 0.25) is 0 Å².